The summed E-state index contributed by atoms with van der Waals surface area (Å²) in [5.74, 6) is 0. The number of aryl methyl sites for hydroxylation is 1. The first-order valence-corrected chi connectivity index (χ1v) is 6.55. The van der Waals surface area contributed by atoms with Crippen LogP contribution in [0.5, 0.6) is 0 Å². The number of fused-ring (bicyclic) bond motifs is 1. The highest BCUT2D eigenvalue weighted by Gasteiger charge is 2.13. The molecule has 0 saturated carbocycles. The third-order valence-electron chi connectivity index (χ3n) is 3.35. The fraction of sp³-hybridized carbons (Fsp3) is 0.133. The van der Waals surface area contributed by atoms with Gasteiger partial charge >= 0.3 is 0 Å². The van der Waals surface area contributed by atoms with Crippen LogP contribution in [0.15, 0.2) is 42.7 Å². The Balaban J connectivity index is 1.88. The molecule has 3 aromatic rings. The summed E-state index contributed by atoms with van der Waals surface area (Å²) in [4.78, 5) is 18.0. The van der Waals surface area contributed by atoms with Crippen LogP contribution in [0.4, 0.5) is 11.4 Å². The first kappa shape index (κ1) is 13.1. The number of aromatic amines is 1. The second-order valence-corrected chi connectivity index (χ2v) is 4.84. The second kappa shape index (κ2) is 5.24. The number of nitro groups is 1. The molecular weight excluding hydrogens is 268 g/mol. The minimum Gasteiger partial charge on any atom is -0.375 e. The number of anilines is 1. The maximum atomic E-state index is 11.1. The van der Waals surface area contributed by atoms with Crippen molar-refractivity contribution in [1.82, 2.24) is 9.97 Å². The third kappa shape index (κ3) is 2.55. The van der Waals surface area contributed by atoms with Crippen molar-refractivity contribution >= 4 is 22.4 Å². The molecule has 0 aliphatic carbocycles. The van der Waals surface area contributed by atoms with Gasteiger partial charge in [-0.3, -0.25) is 10.1 Å². The van der Waals surface area contributed by atoms with Crippen molar-refractivity contribution in [1.29, 1.82) is 0 Å². The highest BCUT2D eigenvalue weighted by atomic mass is 16.6. The molecule has 6 nitrogen and oxygen atoms in total. The van der Waals surface area contributed by atoms with E-state index in [1.165, 1.54) is 6.07 Å². The van der Waals surface area contributed by atoms with E-state index in [2.05, 4.69) is 15.3 Å². The Labute approximate surface area is 121 Å². The Morgan fingerprint density at radius 1 is 1.38 bits per heavy atom. The Hall–Kier alpha value is -2.89. The lowest BCUT2D eigenvalue weighted by Crippen LogP contribution is -2.02. The van der Waals surface area contributed by atoms with Crippen molar-refractivity contribution in [3.63, 3.8) is 0 Å². The number of nitrogens with zero attached hydrogens (tertiary/aromatic N) is 2. The Morgan fingerprint density at radius 2 is 2.24 bits per heavy atom. The number of pyridine rings is 1. The number of hydrogen-bond acceptors (Lipinski definition) is 4. The van der Waals surface area contributed by atoms with Gasteiger partial charge in [0.25, 0.3) is 5.69 Å². The minimum atomic E-state index is -0.376. The molecular formula is C15H14N4O2. The number of aromatic nitrogens is 2. The van der Waals surface area contributed by atoms with Crippen molar-refractivity contribution in [2.75, 3.05) is 5.32 Å². The van der Waals surface area contributed by atoms with Crippen LogP contribution in [-0.2, 0) is 6.54 Å². The lowest BCUT2D eigenvalue weighted by molar-refractivity contribution is -0.384. The van der Waals surface area contributed by atoms with Crippen molar-refractivity contribution < 1.29 is 4.92 Å². The van der Waals surface area contributed by atoms with Gasteiger partial charge in [0.15, 0.2) is 0 Å². The van der Waals surface area contributed by atoms with Crippen molar-refractivity contribution in [3.8, 4) is 0 Å². The van der Waals surface area contributed by atoms with Crippen molar-refractivity contribution in [2.45, 2.75) is 13.5 Å². The van der Waals surface area contributed by atoms with Crippen LogP contribution in [-0.4, -0.2) is 14.9 Å². The molecule has 21 heavy (non-hydrogen) atoms. The van der Waals surface area contributed by atoms with Crippen molar-refractivity contribution in [2.24, 2.45) is 0 Å². The number of hydrogen-bond donors (Lipinski definition) is 2. The minimum absolute atomic E-state index is 0.0820. The average molecular weight is 282 g/mol. The quantitative estimate of drug-likeness (QED) is 0.567. The predicted molar refractivity (Wildman–Crippen MR) is 81.3 cm³/mol. The number of nitrogens with one attached hydrogen (secondary N) is 2. The average Bonchev–Trinajstić information content (AvgIpc) is 2.88. The fourth-order valence-corrected chi connectivity index (χ4v) is 2.30. The highest BCUT2D eigenvalue weighted by Crippen LogP contribution is 2.26. The molecule has 2 aromatic heterocycles. The summed E-state index contributed by atoms with van der Waals surface area (Å²) in [5.41, 5.74) is 3.42. The molecule has 6 heteroatoms. The van der Waals surface area contributed by atoms with E-state index in [1.807, 2.05) is 25.3 Å². The van der Waals surface area contributed by atoms with E-state index in [-0.39, 0.29) is 10.6 Å². The maximum Gasteiger partial charge on any atom is 0.292 e. The lowest BCUT2D eigenvalue weighted by Gasteiger charge is -2.07. The van der Waals surface area contributed by atoms with E-state index >= 15 is 0 Å². The summed E-state index contributed by atoms with van der Waals surface area (Å²) in [6.45, 7) is 2.40. The molecule has 0 aliphatic heterocycles. The highest BCUT2D eigenvalue weighted by molar-refractivity contribution is 5.79. The van der Waals surface area contributed by atoms with E-state index in [0.717, 1.165) is 22.2 Å². The molecule has 0 spiro atoms. The number of nitro benzene ring substituents is 1. The van der Waals surface area contributed by atoms with Crippen LogP contribution in [0, 0.1) is 17.0 Å². The van der Waals surface area contributed by atoms with Gasteiger partial charge in [-0.05, 0) is 36.2 Å². The molecule has 0 unspecified atom stereocenters. The van der Waals surface area contributed by atoms with Crippen LogP contribution >= 0.6 is 0 Å². The molecule has 1 aromatic carbocycles. The summed E-state index contributed by atoms with van der Waals surface area (Å²) in [7, 11) is 0. The molecule has 0 bridgehead atoms. The van der Waals surface area contributed by atoms with Crippen molar-refractivity contribution in [3.05, 3.63) is 64.0 Å². The van der Waals surface area contributed by atoms with Gasteiger partial charge < -0.3 is 10.3 Å². The van der Waals surface area contributed by atoms with Gasteiger partial charge in [-0.15, -0.1) is 0 Å². The summed E-state index contributed by atoms with van der Waals surface area (Å²) < 4.78 is 0. The van der Waals surface area contributed by atoms with E-state index in [0.29, 0.717) is 12.2 Å². The molecule has 2 heterocycles. The van der Waals surface area contributed by atoms with Crippen LogP contribution in [0.3, 0.4) is 0 Å². The number of rotatable bonds is 4. The smallest absolute Gasteiger partial charge is 0.292 e. The summed E-state index contributed by atoms with van der Waals surface area (Å²) in [6, 6.07) is 8.88. The maximum absolute atomic E-state index is 11.1. The zero-order valence-electron chi connectivity index (χ0n) is 11.5. The van der Waals surface area contributed by atoms with Crippen LogP contribution in [0.2, 0.25) is 0 Å². The van der Waals surface area contributed by atoms with Gasteiger partial charge in [-0.25, -0.2) is 4.98 Å². The zero-order valence-corrected chi connectivity index (χ0v) is 11.5. The van der Waals surface area contributed by atoms with Gasteiger partial charge in [0.05, 0.1) is 4.92 Å². The van der Waals surface area contributed by atoms with Crippen LogP contribution in [0.25, 0.3) is 11.0 Å². The monoisotopic (exact) mass is 282 g/mol. The third-order valence-corrected chi connectivity index (χ3v) is 3.35. The van der Waals surface area contributed by atoms with Gasteiger partial charge in [0.1, 0.15) is 11.3 Å². The Kier molecular flexibility index (Phi) is 3.27. The lowest BCUT2D eigenvalue weighted by atomic mass is 10.1. The number of H-pyrrole nitrogens is 1. The topological polar surface area (TPSA) is 83.9 Å². The molecule has 3 rings (SSSR count). The van der Waals surface area contributed by atoms with Gasteiger partial charge in [0, 0.05) is 30.4 Å². The Morgan fingerprint density at radius 3 is 3.05 bits per heavy atom. The van der Waals surface area contributed by atoms with Crippen LogP contribution < -0.4 is 5.32 Å². The van der Waals surface area contributed by atoms with E-state index in [4.69, 9.17) is 0 Å². The second-order valence-electron chi connectivity index (χ2n) is 4.84. The standard InChI is InChI=1S/C15H14N4O2/c1-10-4-5-14(19(20)21)13(7-10)17-8-11-9-18-15-12(11)3-2-6-16-15/h2-7,9,17H,8H2,1H3,(H,16,18). The largest absolute Gasteiger partial charge is 0.375 e. The van der Waals surface area contributed by atoms with E-state index in [1.54, 1.807) is 18.3 Å². The first-order valence-electron chi connectivity index (χ1n) is 6.55. The summed E-state index contributed by atoms with van der Waals surface area (Å²) in [5, 5.41) is 15.2. The summed E-state index contributed by atoms with van der Waals surface area (Å²) in [6.07, 6.45) is 3.59. The summed E-state index contributed by atoms with van der Waals surface area (Å²) >= 11 is 0. The van der Waals surface area contributed by atoms with Gasteiger partial charge in [-0.2, -0.15) is 0 Å². The van der Waals surface area contributed by atoms with E-state index < -0.39 is 0 Å². The Bertz CT molecular complexity index is 810. The molecule has 0 aliphatic rings. The van der Waals surface area contributed by atoms with Crippen LogP contribution in [0.1, 0.15) is 11.1 Å². The molecule has 0 saturated heterocycles. The molecule has 0 amide bonds. The molecule has 0 fully saturated rings. The molecule has 106 valence electrons. The zero-order chi connectivity index (χ0) is 14.8. The first-order chi connectivity index (χ1) is 10.1. The predicted octanol–water partition coefficient (Wildman–Crippen LogP) is 3.39. The molecule has 2 N–H and O–H groups in total. The fourth-order valence-electron chi connectivity index (χ4n) is 2.30. The number of benzene rings is 1. The molecule has 0 atom stereocenters. The molecule has 0 radical (unpaired) electrons. The normalized spacial score (nSPS) is 10.7. The SMILES string of the molecule is Cc1ccc([N+](=O)[O-])c(NCc2c[nH]c3ncccc23)c1. The van der Waals surface area contributed by atoms with Gasteiger partial charge in [0.2, 0.25) is 0 Å². The van der Waals surface area contributed by atoms with Gasteiger partial charge in [-0.1, -0.05) is 6.07 Å². The van der Waals surface area contributed by atoms with E-state index in [9.17, 15) is 10.1 Å².